The molecule has 0 saturated carbocycles. The van der Waals surface area contributed by atoms with Gasteiger partial charge in [0.2, 0.25) is 5.82 Å². The number of ether oxygens (including phenoxy) is 2. The molecule has 8 atom stereocenters. The number of aromatic nitrogens is 6. The summed E-state index contributed by atoms with van der Waals surface area (Å²) in [6, 6.07) is 9.83. The molecule has 8 rings (SSSR count). The summed E-state index contributed by atoms with van der Waals surface area (Å²) in [7, 11) is 0. The molecule has 4 aliphatic rings. The van der Waals surface area contributed by atoms with E-state index in [4.69, 9.17) is 9.47 Å². The minimum absolute atomic E-state index is 0.185. The Balaban J connectivity index is 1.13. The number of H-pyrrole nitrogens is 1. The van der Waals surface area contributed by atoms with Crippen LogP contribution in [0.1, 0.15) is 48.9 Å². The summed E-state index contributed by atoms with van der Waals surface area (Å²) in [4.78, 5) is 32.8. The number of rotatable bonds is 9. The molecule has 4 aromatic rings. The summed E-state index contributed by atoms with van der Waals surface area (Å²) in [5.74, 6) is -0.0525. The Labute approximate surface area is 251 Å². The summed E-state index contributed by atoms with van der Waals surface area (Å²) in [5, 5.41) is 19.7. The molecule has 0 amide bonds. The highest BCUT2D eigenvalue weighted by Crippen LogP contribution is 2.43. The molecule has 13 heteroatoms. The molecule has 3 aromatic heterocycles. The van der Waals surface area contributed by atoms with E-state index in [1.807, 2.05) is 35.4 Å². The standard InChI is InChI=1S/C31H34FN7O5/c1-2-18-13-37-10-8-19(18)11-26(37)29(22-7-9-33-24-6-4-3-5-21(22)24)43-17-20-14-39(36-35-20)25-12-28(44-27(25)16-40)38-15-23(32)30(41)34-31(38)42/h2-7,9,14-15,18-19,25-29,40H,1,8,10-13,16-17H2,(H,34,41,42)/t18?,19?,25?,26-,27?,28?,29+/m1/s1. The zero-order valence-corrected chi connectivity index (χ0v) is 24.0. The van der Waals surface area contributed by atoms with Crippen LogP contribution in [0.15, 0.2) is 71.2 Å². The van der Waals surface area contributed by atoms with E-state index in [1.54, 1.807) is 10.9 Å². The lowest BCUT2D eigenvalue weighted by Crippen LogP contribution is -2.55. The third-order valence-electron chi connectivity index (χ3n) is 9.42. The Morgan fingerprint density at radius 2 is 2.09 bits per heavy atom. The average Bonchev–Trinajstić information content (AvgIpc) is 3.70. The van der Waals surface area contributed by atoms with Gasteiger partial charge in [-0.1, -0.05) is 29.5 Å². The molecule has 4 saturated heterocycles. The number of hydrogen-bond donors (Lipinski definition) is 2. The smallest absolute Gasteiger partial charge is 0.330 e. The summed E-state index contributed by atoms with van der Waals surface area (Å²) in [6.07, 6.45) is 6.99. The molecule has 6 unspecified atom stereocenters. The number of nitrogens with zero attached hydrogens (tertiary/aromatic N) is 6. The number of nitrogens with one attached hydrogen (secondary N) is 1. The van der Waals surface area contributed by atoms with Crippen LogP contribution in [-0.2, 0) is 16.1 Å². The molecule has 0 radical (unpaired) electrons. The number of pyridine rings is 1. The van der Waals surface area contributed by atoms with Crippen molar-refractivity contribution in [2.45, 2.75) is 56.4 Å². The zero-order chi connectivity index (χ0) is 30.4. The van der Waals surface area contributed by atoms with Crippen molar-refractivity contribution < 1.29 is 19.0 Å². The lowest BCUT2D eigenvalue weighted by atomic mass is 9.73. The maximum atomic E-state index is 13.9. The van der Waals surface area contributed by atoms with Crippen molar-refractivity contribution in [3.63, 3.8) is 0 Å². The number of aliphatic hydroxyl groups is 1. The van der Waals surface area contributed by atoms with E-state index in [-0.39, 0.29) is 31.8 Å². The molecule has 4 fully saturated rings. The summed E-state index contributed by atoms with van der Waals surface area (Å²) in [6.45, 7) is 5.91. The Hall–Kier alpha value is -4.04. The quantitative estimate of drug-likeness (QED) is 0.276. The van der Waals surface area contributed by atoms with Gasteiger partial charge in [0.05, 0.1) is 43.3 Å². The number of halogens is 1. The number of piperidine rings is 3. The van der Waals surface area contributed by atoms with Crippen LogP contribution in [-0.4, -0.2) is 71.4 Å². The third-order valence-corrected chi connectivity index (χ3v) is 9.42. The SMILES string of the molecule is C=CC1CN2CCC1C[C@@H]2[C@@H](OCc1cn(C2CC(n3cc(F)c(=O)[nH]c3=O)OC2CO)nn1)c1ccnc2ccccc12. The third kappa shape index (κ3) is 5.19. The van der Waals surface area contributed by atoms with Crippen LogP contribution in [0, 0.1) is 17.7 Å². The minimum atomic E-state index is -1.10. The van der Waals surface area contributed by atoms with Crippen molar-refractivity contribution in [2.75, 3.05) is 19.7 Å². The summed E-state index contributed by atoms with van der Waals surface area (Å²) < 4.78 is 29.1. The molecular formula is C31H34FN7O5. The van der Waals surface area contributed by atoms with E-state index in [9.17, 15) is 19.1 Å². The van der Waals surface area contributed by atoms with Crippen LogP contribution in [0.2, 0.25) is 0 Å². The van der Waals surface area contributed by atoms with Crippen LogP contribution in [0.4, 0.5) is 4.39 Å². The first-order valence-corrected chi connectivity index (χ1v) is 14.9. The van der Waals surface area contributed by atoms with E-state index in [0.717, 1.165) is 53.2 Å². The maximum absolute atomic E-state index is 13.9. The molecule has 12 nitrogen and oxygen atoms in total. The highest BCUT2D eigenvalue weighted by molar-refractivity contribution is 5.82. The van der Waals surface area contributed by atoms with E-state index < -0.39 is 35.4 Å². The number of aliphatic hydroxyl groups excluding tert-OH is 1. The number of hydrogen-bond acceptors (Lipinski definition) is 9. The summed E-state index contributed by atoms with van der Waals surface area (Å²) >= 11 is 0. The maximum Gasteiger partial charge on any atom is 0.330 e. The van der Waals surface area contributed by atoms with Crippen molar-refractivity contribution in [1.82, 2.24) is 34.4 Å². The van der Waals surface area contributed by atoms with Gasteiger partial charge in [0, 0.05) is 30.6 Å². The van der Waals surface area contributed by atoms with Gasteiger partial charge < -0.3 is 14.6 Å². The van der Waals surface area contributed by atoms with Gasteiger partial charge in [0.15, 0.2) is 0 Å². The van der Waals surface area contributed by atoms with Crippen LogP contribution < -0.4 is 11.2 Å². The number of fused-ring (bicyclic) bond motifs is 4. The van der Waals surface area contributed by atoms with Gasteiger partial charge in [-0.3, -0.25) is 24.2 Å². The average molecular weight is 604 g/mol. The van der Waals surface area contributed by atoms with Gasteiger partial charge in [0.25, 0.3) is 5.56 Å². The molecule has 7 heterocycles. The molecule has 230 valence electrons. The van der Waals surface area contributed by atoms with Crippen LogP contribution in [0.25, 0.3) is 10.9 Å². The Morgan fingerprint density at radius 3 is 2.89 bits per heavy atom. The van der Waals surface area contributed by atoms with Crippen molar-refractivity contribution >= 4 is 10.9 Å². The predicted octanol–water partition coefficient (Wildman–Crippen LogP) is 2.49. The van der Waals surface area contributed by atoms with E-state index >= 15 is 0 Å². The molecule has 2 N–H and O–H groups in total. The predicted molar refractivity (Wildman–Crippen MR) is 157 cm³/mol. The second kappa shape index (κ2) is 11.8. The lowest BCUT2D eigenvalue weighted by molar-refractivity contribution is -0.0809. The first-order chi connectivity index (χ1) is 21.4. The minimum Gasteiger partial charge on any atom is -0.394 e. The monoisotopic (exact) mass is 603 g/mol. The fraction of sp³-hybridized carbons (Fsp3) is 0.452. The summed E-state index contributed by atoms with van der Waals surface area (Å²) in [5.41, 5.74) is 0.698. The molecule has 4 aliphatic heterocycles. The second-order valence-electron chi connectivity index (χ2n) is 11.8. The molecule has 1 aromatic carbocycles. The van der Waals surface area contributed by atoms with Crippen molar-refractivity contribution in [1.29, 1.82) is 0 Å². The Morgan fingerprint density at radius 1 is 1.23 bits per heavy atom. The molecular weight excluding hydrogens is 569 g/mol. The molecule has 0 spiro atoms. The van der Waals surface area contributed by atoms with Gasteiger partial charge in [-0.2, -0.15) is 4.39 Å². The van der Waals surface area contributed by atoms with Crippen LogP contribution in [0.5, 0.6) is 0 Å². The molecule has 2 bridgehead atoms. The number of para-hydroxylation sites is 1. The number of benzene rings is 1. The molecule has 44 heavy (non-hydrogen) atoms. The van der Waals surface area contributed by atoms with Crippen molar-refractivity contribution in [3.05, 3.63) is 99.5 Å². The van der Waals surface area contributed by atoms with Gasteiger partial charge in [0.1, 0.15) is 18.0 Å². The van der Waals surface area contributed by atoms with E-state index in [0.29, 0.717) is 17.5 Å². The highest BCUT2D eigenvalue weighted by Gasteiger charge is 2.43. The van der Waals surface area contributed by atoms with E-state index in [1.165, 1.54) is 0 Å². The van der Waals surface area contributed by atoms with Gasteiger partial charge in [-0.15, -0.1) is 11.7 Å². The highest BCUT2D eigenvalue weighted by atomic mass is 19.1. The van der Waals surface area contributed by atoms with Crippen LogP contribution >= 0.6 is 0 Å². The van der Waals surface area contributed by atoms with Crippen molar-refractivity contribution in [3.8, 4) is 0 Å². The topological polar surface area (TPSA) is 140 Å². The molecule has 0 aliphatic carbocycles. The Kier molecular flexibility index (Phi) is 7.70. The van der Waals surface area contributed by atoms with Crippen molar-refractivity contribution in [2.24, 2.45) is 11.8 Å². The van der Waals surface area contributed by atoms with E-state index in [2.05, 4.69) is 38.9 Å². The number of aromatic amines is 1. The fourth-order valence-corrected chi connectivity index (χ4v) is 7.19. The largest absolute Gasteiger partial charge is 0.394 e. The fourth-order valence-electron chi connectivity index (χ4n) is 7.19. The van der Waals surface area contributed by atoms with Crippen LogP contribution in [0.3, 0.4) is 0 Å². The lowest BCUT2D eigenvalue weighted by Gasteiger charge is -2.51. The van der Waals surface area contributed by atoms with Gasteiger partial charge >= 0.3 is 5.69 Å². The second-order valence-corrected chi connectivity index (χ2v) is 11.8. The Bertz CT molecular complexity index is 1780. The van der Waals surface area contributed by atoms with Gasteiger partial charge in [-0.05, 0) is 48.9 Å². The van der Waals surface area contributed by atoms with Gasteiger partial charge in [-0.25, -0.2) is 9.48 Å². The zero-order valence-electron chi connectivity index (χ0n) is 24.0. The normalized spacial score (nSPS) is 28.8. The first-order valence-electron chi connectivity index (χ1n) is 14.9. The first kappa shape index (κ1) is 28.7.